The quantitative estimate of drug-likeness (QED) is 0.826. The lowest BCUT2D eigenvalue weighted by molar-refractivity contribution is -0.145. The zero-order valence-corrected chi connectivity index (χ0v) is 12.3. The number of hydrogen-bond acceptors (Lipinski definition) is 4. The van der Waals surface area contributed by atoms with Crippen LogP contribution in [-0.4, -0.2) is 31.6 Å². The molecule has 0 aromatic heterocycles. The number of hydrogen-bond donors (Lipinski definition) is 2. The lowest BCUT2D eigenvalue weighted by Gasteiger charge is -2.21. The van der Waals surface area contributed by atoms with Crippen molar-refractivity contribution in [3.63, 3.8) is 0 Å². The molecule has 1 heterocycles. The third-order valence-corrected chi connectivity index (χ3v) is 3.73. The molecule has 2 unspecified atom stereocenters. The summed E-state index contributed by atoms with van der Waals surface area (Å²) >= 11 is 0. The second-order valence-corrected chi connectivity index (χ2v) is 5.23. The molecule has 0 saturated carbocycles. The molecular formula is C16H22N2O3. The molecule has 1 aliphatic rings. The Morgan fingerprint density at radius 3 is 2.71 bits per heavy atom. The normalized spacial score (nSPS) is 20.1. The summed E-state index contributed by atoms with van der Waals surface area (Å²) in [5, 5.41) is 6.04. The summed E-state index contributed by atoms with van der Waals surface area (Å²) in [5.41, 5.74) is 0.728. The number of rotatable bonds is 4. The molecule has 0 radical (unpaired) electrons. The van der Waals surface area contributed by atoms with E-state index < -0.39 is 12.0 Å². The van der Waals surface area contributed by atoms with Gasteiger partial charge in [0.2, 0.25) is 5.91 Å². The van der Waals surface area contributed by atoms with E-state index in [-0.39, 0.29) is 11.9 Å². The summed E-state index contributed by atoms with van der Waals surface area (Å²) in [6.07, 6.45) is 4.05. The molecule has 2 atom stereocenters. The van der Waals surface area contributed by atoms with Crippen LogP contribution in [0, 0.1) is 0 Å². The van der Waals surface area contributed by atoms with Gasteiger partial charge in [0.25, 0.3) is 0 Å². The molecule has 1 saturated heterocycles. The second kappa shape index (κ2) is 7.78. The van der Waals surface area contributed by atoms with Crippen LogP contribution in [0.25, 0.3) is 0 Å². The third-order valence-electron chi connectivity index (χ3n) is 3.73. The molecule has 1 aromatic rings. The largest absolute Gasteiger partial charge is 0.467 e. The Balaban J connectivity index is 2.07. The smallest absolute Gasteiger partial charge is 0.333 e. The molecule has 2 rings (SSSR count). The molecule has 0 aliphatic carbocycles. The lowest BCUT2D eigenvalue weighted by Crippen LogP contribution is -2.46. The zero-order chi connectivity index (χ0) is 15.1. The van der Waals surface area contributed by atoms with E-state index in [4.69, 9.17) is 4.74 Å². The van der Waals surface area contributed by atoms with Crippen molar-refractivity contribution < 1.29 is 14.3 Å². The number of carbonyl (C=O) groups is 2. The molecule has 21 heavy (non-hydrogen) atoms. The van der Waals surface area contributed by atoms with E-state index in [0.29, 0.717) is 0 Å². The maximum atomic E-state index is 12.4. The Morgan fingerprint density at radius 2 is 2.00 bits per heavy atom. The van der Waals surface area contributed by atoms with Crippen LogP contribution in [0.3, 0.4) is 0 Å². The van der Waals surface area contributed by atoms with Crippen LogP contribution in [-0.2, 0) is 14.3 Å². The monoisotopic (exact) mass is 290 g/mol. The van der Waals surface area contributed by atoms with Gasteiger partial charge in [-0.25, -0.2) is 4.79 Å². The maximum Gasteiger partial charge on any atom is 0.333 e. The number of esters is 1. The van der Waals surface area contributed by atoms with E-state index >= 15 is 0 Å². The minimum Gasteiger partial charge on any atom is -0.467 e. The molecule has 5 nitrogen and oxygen atoms in total. The summed E-state index contributed by atoms with van der Waals surface area (Å²) < 4.78 is 4.81. The summed E-state index contributed by atoms with van der Waals surface area (Å²) in [6.45, 7) is 0.840. The minimum atomic E-state index is -0.756. The summed E-state index contributed by atoms with van der Waals surface area (Å²) in [6, 6.07) is 8.16. The van der Waals surface area contributed by atoms with E-state index in [0.717, 1.165) is 37.8 Å². The number of nitrogens with one attached hydrogen (secondary N) is 2. The van der Waals surface area contributed by atoms with Crippen LogP contribution < -0.4 is 10.6 Å². The fraction of sp³-hybridized carbons (Fsp3) is 0.500. The van der Waals surface area contributed by atoms with E-state index in [9.17, 15) is 9.59 Å². The summed E-state index contributed by atoms with van der Waals surface area (Å²) in [7, 11) is 1.33. The van der Waals surface area contributed by atoms with Gasteiger partial charge in [-0.3, -0.25) is 4.79 Å². The fourth-order valence-corrected chi connectivity index (χ4v) is 2.54. The lowest BCUT2D eigenvalue weighted by atomic mass is 10.1. The number of amides is 1. The topological polar surface area (TPSA) is 67.4 Å². The van der Waals surface area contributed by atoms with Gasteiger partial charge in [0, 0.05) is 0 Å². The van der Waals surface area contributed by atoms with Crippen molar-refractivity contribution in [2.75, 3.05) is 13.7 Å². The van der Waals surface area contributed by atoms with Crippen molar-refractivity contribution in [2.45, 2.75) is 37.8 Å². The van der Waals surface area contributed by atoms with Crippen LogP contribution in [0.4, 0.5) is 0 Å². The van der Waals surface area contributed by atoms with E-state index in [2.05, 4.69) is 10.6 Å². The molecule has 5 heteroatoms. The van der Waals surface area contributed by atoms with Crippen LogP contribution in [0.15, 0.2) is 30.3 Å². The van der Waals surface area contributed by atoms with Crippen molar-refractivity contribution in [2.24, 2.45) is 0 Å². The van der Waals surface area contributed by atoms with Crippen molar-refractivity contribution in [3.05, 3.63) is 35.9 Å². The molecule has 2 N–H and O–H groups in total. The Morgan fingerprint density at radius 1 is 1.24 bits per heavy atom. The Hall–Kier alpha value is -1.88. The second-order valence-electron chi connectivity index (χ2n) is 5.23. The number of ether oxygens (including phenoxy) is 1. The first-order valence-electron chi connectivity index (χ1n) is 7.39. The molecule has 1 amide bonds. The maximum absolute atomic E-state index is 12.4. The van der Waals surface area contributed by atoms with E-state index in [1.54, 1.807) is 0 Å². The zero-order valence-electron chi connectivity index (χ0n) is 12.3. The van der Waals surface area contributed by atoms with Crippen LogP contribution in [0.1, 0.15) is 37.3 Å². The molecule has 1 aromatic carbocycles. The molecular weight excluding hydrogens is 268 g/mol. The molecule has 0 bridgehead atoms. The molecule has 1 fully saturated rings. The van der Waals surface area contributed by atoms with Gasteiger partial charge in [-0.15, -0.1) is 0 Å². The van der Waals surface area contributed by atoms with Crippen molar-refractivity contribution in [1.29, 1.82) is 0 Å². The molecule has 114 valence electrons. The summed E-state index contributed by atoms with van der Waals surface area (Å²) in [4.78, 5) is 24.3. The number of benzene rings is 1. The SMILES string of the molecule is COC(=O)C(NC(=O)C1CCCCCN1)c1ccccc1. The van der Waals surface area contributed by atoms with E-state index in [1.165, 1.54) is 7.11 Å². The predicted molar refractivity (Wildman–Crippen MR) is 79.6 cm³/mol. The highest BCUT2D eigenvalue weighted by molar-refractivity contribution is 5.88. The molecule has 1 aliphatic heterocycles. The van der Waals surface area contributed by atoms with Gasteiger partial charge in [-0.2, -0.15) is 0 Å². The summed E-state index contributed by atoms with van der Waals surface area (Å²) in [5.74, 6) is -0.598. The Kier molecular flexibility index (Phi) is 5.75. The first-order chi connectivity index (χ1) is 10.2. The highest BCUT2D eigenvalue weighted by Gasteiger charge is 2.27. The first kappa shape index (κ1) is 15.5. The van der Waals surface area contributed by atoms with Crippen LogP contribution in [0.5, 0.6) is 0 Å². The highest BCUT2D eigenvalue weighted by atomic mass is 16.5. The molecule has 0 spiro atoms. The van der Waals surface area contributed by atoms with Crippen molar-refractivity contribution >= 4 is 11.9 Å². The Bertz CT molecular complexity index is 468. The van der Waals surface area contributed by atoms with Gasteiger partial charge in [0.1, 0.15) is 0 Å². The average Bonchev–Trinajstić information content (AvgIpc) is 2.82. The van der Waals surface area contributed by atoms with Gasteiger partial charge >= 0.3 is 5.97 Å². The number of carbonyl (C=O) groups excluding carboxylic acids is 2. The standard InChI is InChI=1S/C16H22N2O3/c1-21-16(20)14(12-8-4-2-5-9-12)18-15(19)13-10-6-3-7-11-17-13/h2,4-5,8-9,13-14,17H,3,6-7,10-11H2,1H3,(H,18,19). The van der Waals surface area contributed by atoms with E-state index in [1.807, 2.05) is 30.3 Å². The van der Waals surface area contributed by atoms with Gasteiger partial charge in [0.15, 0.2) is 6.04 Å². The predicted octanol–water partition coefficient (Wildman–Crippen LogP) is 1.55. The van der Waals surface area contributed by atoms with Crippen LogP contribution in [0.2, 0.25) is 0 Å². The van der Waals surface area contributed by atoms with Gasteiger partial charge in [0.05, 0.1) is 13.2 Å². The average molecular weight is 290 g/mol. The number of methoxy groups -OCH3 is 1. The van der Waals surface area contributed by atoms with Crippen molar-refractivity contribution in [1.82, 2.24) is 10.6 Å². The van der Waals surface area contributed by atoms with Crippen LogP contribution >= 0.6 is 0 Å². The Labute approximate surface area is 125 Å². The first-order valence-corrected chi connectivity index (χ1v) is 7.39. The highest BCUT2D eigenvalue weighted by Crippen LogP contribution is 2.16. The minimum absolute atomic E-state index is 0.142. The fourth-order valence-electron chi connectivity index (χ4n) is 2.54. The van der Waals surface area contributed by atoms with Gasteiger partial charge in [-0.05, 0) is 24.9 Å². The van der Waals surface area contributed by atoms with Gasteiger partial charge < -0.3 is 15.4 Å². The third kappa shape index (κ3) is 4.29. The van der Waals surface area contributed by atoms with Gasteiger partial charge in [-0.1, -0.05) is 43.2 Å². The van der Waals surface area contributed by atoms with Crippen molar-refractivity contribution in [3.8, 4) is 0 Å².